The molecule has 2 N–H and O–H groups in total. The van der Waals surface area contributed by atoms with E-state index in [2.05, 4.69) is 0 Å². The van der Waals surface area contributed by atoms with Gasteiger partial charge in [-0.1, -0.05) is 19.1 Å². The first-order valence-corrected chi connectivity index (χ1v) is 11.0. The number of nitrogens with zero attached hydrogens (tertiary/aromatic N) is 2. The summed E-state index contributed by atoms with van der Waals surface area (Å²) in [6.45, 7) is 8.98. The topological polar surface area (TPSA) is 119 Å². The molecule has 0 aromatic carbocycles. The number of primary amides is 1. The number of ether oxygens (including phenoxy) is 1. The van der Waals surface area contributed by atoms with Crippen molar-refractivity contribution < 1.29 is 28.8 Å². The number of carbonyl (C=O) groups is 4. The van der Waals surface area contributed by atoms with Crippen LogP contribution in [0.2, 0.25) is 0 Å². The number of nitrogens with two attached hydrogens (primary N) is 1. The largest absolute Gasteiger partial charge is 0.464 e. The molecule has 4 amide bonds. The number of imide groups is 1. The maximum atomic E-state index is 12.8. The highest BCUT2D eigenvalue weighted by atomic mass is 16.7. The van der Waals surface area contributed by atoms with Crippen LogP contribution in [0.15, 0.2) is 23.3 Å². The van der Waals surface area contributed by atoms with Crippen molar-refractivity contribution in [1.29, 1.82) is 0 Å². The summed E-state index contributed by atoms with van der Waals surface area (Å²) in [6, 6.07) is -0.719. The van der Waals surface area contributed by atoms with E-state index in [9.17, 15) is 19.2 Å². The summed E-state index contributed by atoms with van der Waals surface area (Å²) in [7, 11) is 0. The van der Waals surface area contributed by atoms with E-state index in [1.54, 1.807) is 0 Å². The molecule has 0 radical (unpaired) electrons. The third-order valence-electron chi connectivity index (χ3n) is 9.39. The van der Waals surface area contributed by atoms with Gasteiger partial charge >= 0.3 is 12.0 Å². The van der Waals surface area contributed by atoms with Crippen LogP contribution in [0.4, 0.5) is 4.79 Å². The van der Waals surface area contributed by atoms with E-state index in [1.807, 2.05) is 46.8 Å². The van der Waals surface area contributed by atoms with Gasteiger partial charge < -0.3 is 10.5 Å². The van der Waals surface area contributed by atoms with Gasteiger partial charge in [0.2, 0.25) is 11.8 Å². The van der Waals surface area contributed by atoms with Gasteiger partial charge in [0.25, 0.3) is 0 Å². The molecular weight excluding hydrogens is 414 g/mol. The van der Waals surface area contributed by atoms with Crippen LogP contribution in [0, 0.1) is 29.1 Å². The van der Waals surface area contributed by atoms with Gasteiger partial charge in [-0.05, 0) is 57.1 Å². The lowest BCUT2D eigenvalue weighted by Crippen LogP contribution is -2.56. The highest BCUT2D eigenvalue weighted by Gasteiger charge is 2.74. The number of hydrogen-bond donors (Lipinski definition) is 1. The Balaban J connectivity index is 1.31. The minimum atomic E-state index is -0.904. The highest BCUT2D eigenvalue weighted by molar-refractivity contribution is 6.08. The summed E-state index contributed by atoms with van der Waals surface area (Å²) in [5.74, 6) is -1.74. The van der Waals surface area contributed by atoms with E-state index in [0.29, 0.717) is 0 Å². The van der Waals surface area contributed by atoms with Crippen LogP contribution in [0.1, 0.15) is 41.0 Å². The van der Waals surface area contributed by atoms with Crippen LogP contribution in [-0.2, 0) is 24.0 Å². The molecule has 0 aromatic heterocycles. The molecule has 5 rings (SSSR count). The smallest absolute Gasteiger partial charge is 0.339 e. The zero-order chi connectivity index (χ0) is 23.4. The average molecular weight is 444 g/mol. The first-order chi connectivity index (χ1) is 14.9. The first-order valence-electron chi connectivity index (χ1n) is 11.0. The Morgan fingerprint density at radius 1 is 1.09 bits per heavy atom. The number of carbonyl (C=O) groups excluding carboxylic acids is 4. The van der Waals surface area contributed by atoms with Gasteiger partial charge in [0, 0.05) is 0 Å². The van der Waals surface area contributed by atoms with Gasteiger partial charge in [0.05, 0.1) is 17.3 Å². The normalized spacial score (nSPS) is 43.7. The standard InChI is InChI=1S/C23H29N3O6/c1-11-12(2)23(5)21(3,22(11,4)26(32-23)20(24)30)10-31-15(27)9-25-18(28)16-13-6-7-14(8-13)17(16)19(25)29/h6-7,13-14,16-17H,8-10H2,1-5H3,(H2,24,30)/t13-,14+,16+,17-,21-,22+,23-/m1/s1. The summed E-state index contributed by atoms with van der Waals surface area (Å²) in [6.07, 6.45) is 4.86. The Bertz CT molecular complexity index is 1000. The molecule has 2 saturated heterocycles. The van der Waals surface area contributed by atoms with Crippen molar-refractivity contribution in [3.63, 3.8) is 0 Å². The van der Waals surface area contributed by atoms with Gasteiger partial charge in [-0.2, -0.15) is 5.06 Å². The van der Waals surface area contributed by atoms with Crippen molar-refractivity contribution in [1.82, 2.24) is 9.96 Å². The van der Waals surface area contributed by atoms with Gasteiger partial charge in [0.1, 0.15) is 24.3 Å². The fourth-order valence-electron chi connectivity index (χ4n) is 6.90. The third kappa shape index (κ3) is 2.17. The molecule has 9 nitrogen and oxygen atoms in total. The summed E-state index contributed by atoms with van der Waals surface area (Å²) in [5, 5.41) is 1.17. The van der Waals surface area contributed by atoms with Crippen LogP contribution in [0.3, 0.4) is 0 Å². The quantitative estimate of drug-likeness (QED) is 0.400. The molecule has 172 valence electrons. The minimum absolute atomic E-state index is 0.0623. The molecule has 0 unspecified atom stereocenters. The molecule has 9 heteroatoms. The SMILES string of the molecule is CC1=C(C)[C@]2(C)N(C(N)=O)O[C@@]1(C)[C@]2(C)COC(=O)CN1C(=O)[C@@H]2[C@H](C1=O)[C@H]1C=C[C@@H]2C1. The van der Waals surface area contributed by atoms with E-state index in [4.69, 9.17) is 15.3 Å². The van der Waals surface area contributed by atoms with Crippen molar-refractivity contribution in [2.75, 3.05) is 13.2 Å². The lowest BCUT2D eigenvalue weighted by atomic mass is 9.66. The Hall–Kier alpha value is -2.68. The molecule has 3 fully saturated rings. The molecule has 2 heterocycles. The number of esters is 1. The summed E-state index contributed by atoms with van der Waals surface area (Å²) < 4.78 is 5.63. The number of rotatable bonds is 4. The van der Waals surface area contributed by atoms with E-state index in [1.165, 1.54) is 5.06 Å². The molecule has 1 saturated carbocycles. The van der Waals surface area contributed by atoms with Crippen molar-refractivity contribution in [3.8, 4) is 0 Å². The predicted molar refractivity (Wildman–Crippen MR) is 111 cm³/mol. The number of allylic oxidation sites excluding steroid dienone is 2. The van der Waals surface area contributed by atoms with Crippen molar-refractivity contribution >= 4 is 23.8 Å². The number of amides is 4. The lowest BCUT2D eigenvalue weighted by molar-refractivity contribution is -0.173. The van der Waals surface area contributed by atoms with Gasteiger partial charge in [0.15, 0.2) is 0 Å². The van der Waals surface area contributed by atoms with Crippen LogP contribution < -0.4 is 5.73 Å². The van der Waals surface area contributed by atoms with Crippen LogP contribution in [-0.4, -0.2) is 58.1 Å². The molecule has 0 spiro atoms. The second-order valence-corrected chi connectivity index (χ2v) is 10.3. The monoisotopic (exact) mass is 443 g/mol. The fourth-order valence-corrected chi connectivity index (χ4v) is 6.90. The number of hydrogen-bond acceptors (Lipinski definition) is 6. The fraction of sp³-hybridized carbons (Fsp3) is 0.652. The van der Waals surface area contributed by atoms with Crippen molar-refractivity contribution in [2.24, 2.45) is 34.8 Å². The Morgan fingerprint density at radius 2 is 1.66 bits per heavy atom. The maximum Gasteiger partial charge on any atom is 0.339 e. The highest BCUT2D eigenvalue weighted by Crippen LogP contribution is 2.65. The number of hydroxylamine groups is 2. The zero-order valence-corrected chi connectivity index (χ0v) is 19.0. The predicted octanol–water partition coefficient (Wildman–Crippen LogP) is 1.54. The van der Waals surface area contributed by atoms with E-state index in [0.717, 1.165) is 22.5 Å². The Kier molecular flexibility index (Phi) is 4.11. The van der Waals surface area contributed by atoms with Crippen LogP contribution >= 0.6 is 0 Å². The number of urea groups is 1. The second-order valence-electron chi connectivity index (χ2n) is 10.3. The molecular formula is C23H29N3O6. The molecule has 3 aliphatic carbocycles. The summed E-state index contributed by atoms with van der Waals surface area (Å²) >= 11 is 0. The summed E-state index contributed by atoms with van der Waals surface area (Å²) in [5.41, 5.74) is 4.85. The zero-order valence-electron chi connectivity index (χ0n) is 19.0. The maximum absolute atomic E-state index is 12.8. The lowest BCUT2D eigenvalue weighted by Gasteiger charge is -2.41. The molecule has 5 aliphatic rings. The minimum Gasteiger partial charge on any atom is -0.464 e. The number of likely N-dealkylation sites (tertiary alicyclic amines) is 1. The molecule has 2 aliphatic heterocycles. The average Bonchev–Trinajstić information content (AvgIpc) is 3.47. The number of fused-ring (bicyclic) bond motifs is 7. The Labute approximate surface area is 186 Å². The van der Waals surface area contributed by atoms with Gasteiger partial charge in [-0.25, -0.2) is 4.79 Å². The van der Waals surface area contributed by atoms with Crippen molar-refractivity contribution in [3.05, 3.63) is 23.3 Å². The van der Waals surface area contributed by atoms with E-state index < -0.39 is 35.1 Å². The Morgan fingerprint density at radius 3 is 2.19 bits per heavy atom. The second kappa shape index (κ2) is 6.21. The van der Waals surface area contributed by atoms with E-state index in [-0.39, 0.29) is 42.1 Å². The molecule has 0 aromatic rings. The van der Waals surface area contributed by atoms with Crippen LogP contribution in [0.25, 0.3) is 0 Å². The molecule has 32 heavy (non-hydrogen) atoms. The molecule has 7 atom stereocenters. The van der Waals surface area contributed by atoms with Gasteiger partial charge in [-0.15, -0.1) is 0 Å². The van der Waals surface area contributed by atoms with Crippen molar-refractivity contribution in [2.45, 2.75) is 52.2 Å². The van der Waals surface area contributed by atoms with Gasteiger partial charge in [-0.3, -0.25) is 24.1 Å². The van der Waals surface area contributed by atoms with E-state index >= 15 is 0 Å². The first kappa shape index (κ1) is 21.2. The molecule has 4 bridgehead atoms. The third-order valence-corrected chi connectivity index (χ3v) is 9.39. The van der Waals surface area contributed by atoms with Crippen LogP contribution in [0.5, 0.6) is 0 Å². The summed E-state index contributed by atoms with van der Waals surface area (Å²) in [4.78, 5) is 57.6.